The van der Waals surface area contributed by atoms with E-state index < -0.39 is 40.2 Å². The average Bonchev–Trinajstić information content (AvgIpc) is 2.76. The Kier molecular flexibility index (Phi) is 6.26. The van der Waals surface area contributed by atoms with Crippen LogP contribution in [0.5, 0.6) is 0 Å². The van der Waals surface area contributed by atoms with Crippen molar-refractivity contribution in [2.45, 2.75) is 32.6 Å². The molecule has 0 saturated carbocycles. The third-order valence-corrected chi connectivity index (χ3v) is 5.62. The molecule has 0 amide bonds. The first-order chi connectivity index (χ1) is 15.4. The molecule has 0 aliphatic rings. The van der Waals surface area contributed by atoms with Gasteiger partial charge in [-0.3, -0.25) is 0 Å². The number of aryl methyl sites for hydroxylation is 1. The summed E-state index contributed by atoms with van der Waals surface area (Å²) in [5.74, 6) is -6.68. The van der Waals surface area contributed by atoms with E-state index in [9.17, 15) is 22.0 Å². The topological polar surface area (TPSA) is 0 Å². The molecular weight excluding hydrogens is 419 g/mol. The summed E-state index contributed by atoms with van der Waals surface area (Å²) >= 11 is 0. The van der Waals surface area contributed by atoms with Crippen LogP contribution < -0.4 is 0 Å². The summed E-state index contributed by atoms with van der Waals surface area (Å²) in [6.45, 7) is 2.16. The maximum Gasteiger partial charge on any atom is 0.194 e. The van der Waals surface area contributed by atoms with Crippen LogP contribution in [0.2, 0.25) is 0 Å². The van der Waals surface area contributed by atoms with Crippen LogP contribution in [-0.4, -0.2) is 0 Å². The van der Waals surface area contributed by atoms with Crippen LogP contribution in [0.15, 0.2) is 60.7 Å². The second-order valence-electron chi connectivity index (χ2n) is 7.92. The Balaban J connectivity index is 1.69. The highest BCUT2D eigenvalue weighted by Crippen LogP contribution is 2.33. The molecule has 0 heterocycles. The Hall–Kier alpha value is -3.21. The molecular formula is C27H21F5. The van der Waals surface area contributed by atoms with Gasteiger partial charge in [-0.15, -0.1) is 0 Å². The van der Waals surface area contributed by atoms with Crippen molar-refractivity contribution in [3.63, 3.8) is 0 Å². The fraction of sp³-hybridized carbons (Fsp3) is 0.185. The smallest absolute Gasteiger partial charge is 0.194 e. The van der Waals surface area contributed by atoms with Crippen LogP contribution in [0.4, 0.5) is 22.0 Å². The first-order valence-electron chi connectivity index (χ1n) is 10.5. The van der Waals surface area contributed by atoms with Gasteiger partial charge in [0, 0.05) is 0 Å². The SMILES string of the molecule is CCCCCc1ccc2cc(-c3cc(F)c(-c4cc(F)c(F)c(F)c4)c(F)c3)ccc2c1. The summed E-state index contributed by atoms with van der Waals surface area (Å²) in [5, 5.41) is 1.98. The van der Waals surface area contributed by atoms with Crippen molar-refractivity contribution in [2.24, 2.45) is 0 Å². The van der Waals surface area contributed by atoms with Crippen LogP contribution in [-0.2, 0) is 6.42 Å². The van der Waals surface area contributed by atoms with Gasteiger partial charge in [-0.05, 0) is 76.2 Å². The van der Waals surface area contributed by atoms with Crippen LogP contribution in [0.3, 0.4) is 0 Å². The lowest BCUT2D eigenvalue weighted by Crippen LogP contribution is -1.97. The summed E-state index contributed by atoms with van der Waals surface area (Å²) in [6, 6.07) is 15.1. The molecule has 0 bridgehead atoms. The molecule has 4 aromatic rings. The van der Waals surface area contributed by atoms with Gasteiger partial charge in [-0.2, -0.15) is 0 Å². The summed E-state index contributed by atoms with van der Waals surface area (Å²) in [6.07, 6.45) is 4.48. The Labute approximate surface area is 183 Å². The van der Waals surface area contributed by atoms with E-state index >= 15 is 0 Å². The van der Waals surface area contributed by atoms with Crippen LogP contribution >= 0.6 is 0 Å². The third-order valence-electron chi connectivity index (χ3n) is 5.62. The second kappa shape index (κ2) is 9.11. The molecule has 0 atom stereocenters. The number of fused-ring (bicyclic) bond motifs is 1. The molecule has 164 valence electrons. The molecule has 32 heavy (non-hydrogen) atoms. The Morgan fingerprint density at radius 1 is 0.562 bits per heavy atom. The van der Waals surface area contributed by atoms with E-state index in [0.29, 0.717) is 23.3 Å². The average molecular weight is 440 g/mol. The van der Waals surface area contributed by atoms with Gasteiger partial charge in [0.05, 0.1) is 5.56 Å². The molecule has 0 spiro atoms. The van der Waals surface area contributed by atoms with E-state index in [2.05, 4.69) is 19.1 Å². The predicted octanol–water partition coefficient (Wildman–Crippen LogP) is 8.60. The fourth-order valence-electron chi connectivity index (χ4n) is 3.92. The normalized spacial score (nSPS) is 11.3. The summed E-state index contributed by atoms with van der Waals surface area (Å²) < 4.78 is 69.8. The Morgan fingerprint density at radius 3 is 1.81 bits per heavy atom. The molecule has 0 radical (unpaired) electrons. The van der Waals surface area contributed by atoms with Gasteiger partial charge in [0.2, 0.25) is 0 Å². The summed E-state index contributed by atoms with van der Waals surface area (Å²) in [4.78, 5) is 0. The van der Waals surface area contributed by atoms with E-state index in [1.807, 2.05) is 18.2 Å². The van der Waals surface area contributed by atoms with Crippen LogP contribution in [0, 0.1) is 29.1 Å². The van der Waals surface area contributed by atoms with Gasteiger partial charge in [0.1, 0.15) is 11.6 Å². The minimum atomic E-state index is -1.68. The monoisotopic (exact) mass is 440 g/mol. The third kappa shape index (κ3) is 4.38. The van der Waals surface area contributed by atoms with E-state index in [1.54, 1.807) is 6.07 Å². The summed E-state index contributed by atoms with van der Waals surface area (Å²) in [5.41, 5.74) is 1.14. The highest BCUT2D eigenvalue weighted by Gasteiger charge is 2.18. The molecule has 4 rings (SSSR count). The van der Waals surface area contributed by atoms with Crippen molar-refractivity contribution in [3.05, 3.63) is 95.3 Å². The number of hydrogen-bond acceptors (Lipinski definition) is 0. The standard InChI is InChI=1S/C27H21F5/c1-2-3-4-5-16-6-7-18-11-19(9-8-17(18)10-16)20-12-22(28)26(23(29)13-20)21-14-24(30)27(32)25(31)15-21/h6-15H,2-5H2,1H3. The largest absolute Gasteiger partial charge is 0.206 e. The van der Waals surface area contributed by atoms with E-state index in [-0.39, 0.29) is 0 Å². The maximum absolute atomic E-state index is 14.8. The van der Waals surface area contributed by atoms with Crippen molar-refractivity contribution in [1.29, 1.82) is 0 Å². The first-order valence-corrected chi connectivity index (χ1v) is 10.5. The highest BCUT2D eigenvalue weighted by atomic mass is 19.2. The number of benzene rings is 4. The molecule has 0 aliphatic heterocycles. The van der Waals surface area contributed by atoms with Gasteiger partial charge in [-0.25, -0.2) is 22.0 Å². The first kappa shape index (κ1) is 22.0. The zero-order valence-corrected chi connectivity index (χ0v) is 17.5. The number of halogens is 5. The molecule has 4 aromatic carbocycles. The predicted molar refractivity (Wildman–Crippen MR) is 118 cm³/mol. The van der Waals surface area contributed by atoms with Crippen molar-refractivity contribution in [1.82, 2.24) is 0 Å². The summed E-state index contributed by atoms with van der Waals surface area (Å²) in [7, 11) is 0. The van der Waals surface area contributed by atoms with Crippen molar-refractivity contribution >= 4 is 10.8 Å². The lowest BCUT2D eigenvalue weighted by Gasteiger charge is -2.11. The zero-order valence-electron chi connectivity index (χ0n) is 17.5. The van der Waals surface area contributed by atoms with Gasteiger partial charge in [0.25, 0.3) is 0 Å². The van der Waals surface area contributed by atoms with Crippen LogP contribution in [0.1, 0.15) is 31.7 Å². The quantitative estimate of drug-likeness (QED) is 0.160. The van der Waals surface area contributed by atoms with Gasteiger partial charge in [0.15, 0.2) is 17.5 Å². The number of rotatable bonds is 6. The van der Waals surface area contributed by atoms with Crippen molar-refractivity contribution < 1.29 is 22.0 Å². The molecule has 0 aliphatic carbocycles. The molecule has 0 aromatic heterocycles. The van der Waals surface area contributed by atoms with Crippen molar-refractivity contribution in [3.8, 4) is 22.3 Å². The molecule has 0 fully saturated rings. The minimum absolute atomic E-state index is 0.292. The fourth-order valence-corrected chi connectivity index (χ4v) is 3.92. The van der Waals surface area contributed by atoms with E-state index in [1.165, 1.54) is 12.0 Å². The molecule has 0 saturated heterocycles. The molecule has 0 N–H and O–H groups in total. The Morgan fingerprint density at radius 2 is 1.16 bits per heavy atom. The van der Waals surface area contributed by atoms with Crippen molar-refractivity contribution in [2.75, 3.05) is 0 Å². The minimum Gasteiger partial charge on any atom is -0.206 e. The zero-order chi connectivity index (χ0) is 22.8. The molecule has 0 unspecified atom stereocenters. The Bertz CT molecular complexity index is 1250. The second-order valence-corrected chi connectivity index (χ2v) is 7.92. The lowest BCUT2D eigenvalue weighted by atomic mass is 9.96. The van der Waals surface area contributed by atoms with Gasteiger partial charge < -0.3 is 0 Å². The molecule has 5 heteroatoms. The maximum atomic E-state index is 14.8. The van der Waals surface area contributed by atoms with E-state index in [0.717, 1.165) is 42.2 Å². The number of hydrogen-bond donors (Lipinski definition) is 0. The highest BCUT2D eigenvalue weighted by molar-refractivity contribution is 5.88. The van der Waals surface area contributed by atoms with Crippen LogP contribution in [0.25, 0.3) is 33.0 Å². The number of unbranched alkanes of at least 4 members (excludes halogenated alkanes) is 2. The molecule has 0 nitrogen and oxygen atoms in total. The van der Waals surface area contributed by atoms with Gasteiger partial charge in [-0.1, -0.05) is 50.1 Å². The lowest BCUT2D eigenvalue weighted by molar-refractivity contribution is 0.447. The van der Waals surface area contributed by atoms with Gasteiger partial charge >= 0.3 is 0 Å². The van der Waals surface area contributed by atoms with E-state index in [4.69, 9.17) is 0 Å².